The van der Waals surface area contributed by atoms with E-state index in [2.05, 4.69) is 36.8 Å². The molecule has 16 heavy (non-hydrogen) atoms. The molecule has 0 saturated carbocycles. The van der Waals surface area contributed by atoms with Gasteiger partial charge < -0.3 is 0 Å². The van der Waals surface area contributed by atoms with Crippen LogP contribution in [0.3, 0.4) is 0 Å². The summed E-state index contributed by atoms with van der Waals surface area (Å²) in [5.74, 6) is 0. The fraction of sp³-hybridized carbons (Fsp3) is 0.286. The molecule has 0 spiro atoms. The number of hydrogen-bond donors (Lipinski definition) is 0. The van der Waals surface area contributed by atoms with Gasteiger partial charge in [-0.15, -0.1) is 0 Å². The molecule has 0 amide bonds. The van der Waals surface area contributed by atoms with Gasteiger partial charge in [-0.25, -0.2) is 0 Å². The van der Waals surface area contributed by atoms with Crippen LogP contribution in [0.25, 0.3) is 11.4 Å². The minimum atomic E-state index is 0.0844. The molecule has 2 heterocycles. The lowest BCUT2D eigenvalue weighted by molar-refractivity contribution is 0.589. The SMILES string of the molecule is CC(C)(C)c1cccnc1-c1ccccn1. The lowest BCUT2D eigenvalue weighted by Crippen LogP contribution is -2.13. The zero-order valence-electron chi connectivity index (χ0n) is 9.94. The Labute approximate surface area is 96.4 Å². The lowest BCUT2D eigenvalue weighted by atomic mass is 9.85. The van der Waals surface area contributed by atoms with Crippen LogP contribution in [0.1, 0.15) is 26.3 Å². The smallest absolute Gasteiger partial charge is 0.0923 e. The van der Waals surface area contributed by atoms with Gasteiger partial charge in [-0.2, -0.15) is 0 Å². The van der Waals surface area contributed by atoms with Crippen molar-refractivity contribution in [2.24, 2.45) is 0 Å². The van der Waals surface area contributed by atoms with E-state index in [-0.39, 0.29) is 5.41 Å². The van der Waals surface area contributed by atoms with Crippen molar-refractivity contribution in [3.63, 3.8) is 0 Å². The van der Waals surface area contributed by atoms with E-state index in [9.17, 15) is 0 Å². The zero-order valence-corrected chi connectivity index (χ0v) is 9.94. The molecule has 0 radical (unpaired) electrons. The number of rotatable bonds is 1. The van der Waals surface area contributed by atoms with Crippen molar-refractivity contribution in [2.75, 3.05) is 0 Å². The third-order valence-electron chi connectivity index (χ3n) is 2.52. The summed E-state index contributed by atoms with van der Waals surface area (Å²) in [4.78, 5) is 8.81. The summed E-state index contributed by atoms with van der Waals surface area (Å²) in [6.45, 7) is 6.57. The molecule has 2 aromatic rings. The third-order valence-corrected chi connectivity index (χ3v) is 2.52. The van der Waals surface area contributed by atoms with Crippen LogP contribution in [-0.4, -0.2) is 9.97 Å². The first-order valence-corrected chi connectivity index (χ1v) is 5.46. The van der Waals surface area contributed by atoms with Gasteiger partial charge >= 0.3 is 0 Å². The van der Waals surface area contributed by atoms with Gasteiger partial charge in [0.2, 0.25) is 0 Å². The van der Waals surface area contributed by atoms with E-state index in [0.29, 0.717) is 0 Å². The molecule has 0 saturated heterocycles. The van der Waals surface area contributed by atoms with Gasteiger partial charge in [0.05, 0.1) is 11.4 Å². The van der Waals surface area contributed by atoms with E-state index in [0.717, 1.165) is 11.4 Å². The average molecular weight is 212 g/mol. The molecule has 0 fully saturated rings. The summed E-state index contributed by atoms with van der Waals surface area (Å²) in [6, 6.07) is 10.0. The molecule has 82 valence electrons. The van der Waals surface area contributed by atoms with Crippen molar-refractivity contribution in [3.8, 4) is 11.4 Å². The van der Waals surface area contributed by atoms with Gasteiger partial charge in [0.1, 0.15) is 0 Å². The Morgan fingerprint density at radius 2 is 1.62 bits per heavy atom. The van der Waals surface area contributed by atoms with Crippen molar-refractivity contribution in [3.05, 3.63) is 48.3 Å². The van der Waals surface area contributed by atoms with E-state index in [1.807, 2.05) is 30.5 Å². The molecule has 0 aliphatic rings. The summed E-state index contributed by atoms with van der Waals surface area (Å²) in [7, 11) is 0. The highest BCUT2D eigenvalue weighted by Gasteiger charge is 2.19. The predicted molar refractivity (Wildman–Crippen MR) is 66.2 cm³/mol. The number of hydrogen-bond acceptors (Lipinski definition) is 2. The molecule has 2 rings (SSSR count). The van der Waals surface area contributed by atoms with Gasteiger partial charge in [0.15, 0.2) is 0 Å². The van der Waals surface area contributed by atoms with E-state index >= 15 is 0 Å². The second-order valence-corrected chi connectivity index (χ2v) is 4.86. The molecule has 2 aromatic heterocycles. The van der Waals surface area contributed by atoms with Crippen LogP contribution in [0.2, 0.25) is 0 Å². The molecular weight excluding hydrogens is 196 g/mol. The number of aromatic nitrogens is 2. The highest BCUT2D eigenvalue weighted by atomic mass is 14.8. The first kappa shape index (κ1) is 10.8. The van der Waals surface area contributed by atoms with Gasteiger partial charge in [-0.1, -0.05) is 32.9 Å². The fourth-order valence-corrected chi connectivity index (χ4v) is 1.72. The first-order chi connectivity index (χ1) is 7.59. The van der Waals surface area contributed by atoms with Crippen LogP contribution >= 0.6 is 0 Å². The van der Waals surface area contributed by atoms with Crippen LogP contribution < -0.4 is 0 Å². The normalized spacial score (nSPS) is 11.4. The fourth-order valence-electron chi connectivity index (χ4n) is 1.72. The Bertz CT molecular complexity index is 470. The molecule has 0 N–H and O–H groups in total. The molecule has 0 aliphatic heterocycles. The summed E-state index contributed by atoms with van der Waals surface area (Å²) >= 11 is 0. The van der Waals surface area contributed by atoms with Crippen LogP contribution in [0.15, 0.2) is 42.7 Å². The Balaban J connectivity index is 2.58. The van der Waals surface area contributed by atoms with E-state index in [1.54, 1.807) is 6.20 Å². The number of pyridine rings is 2. The van der Waals surface area contributed by atoms with Gasteiger partial charge in [-0.05, 0) is 29.2 Å². The zero-order chi connectivity index (χ0) is 11.6. The average Bonchev–Trinajstić information content (AvgIpc) is 2.29. The highest BCUT2D eigenvalue weighted by Crippen LogP contribution is 2.29. The van der Waals surface area contributed by atoms with Crippen LogP contribution in [-0.2, 0) is 5.41 Å². The van der Waals surface area contributed by atoms with Crippen molar-refractivity contribution in [1.29, 1.82) is 0 Å². The van der Waals surface area contributed by atoms with Gasteiger partial charge in [0.25, 0.3) is 0 Å². The minimum Gasteiger partial charge on any atom is -0.255 e. The highest BCUT2D eigenvalue weighted by molar-refractivity contribution is 5.60. The third kappa shape index (κ3) is 2.11. The second kappa shape index (κ2) is 4.05. The standard InChI is InChI=1S/C14H16N2/c1-14(2,3)11-7-6-10-16-13(11)12-8-4-5-9-15-12/h4-10H,1-3H3. The Hall–Kier alpha value is -1.70. The minimum absolute atomic E-state index is 0.0844. The summed E-state index contributed by atoms with van der Waals surface area (Å²) in [6.07, 6.45) is 3.62. The molecule has 0 atom stereocenters. The molecule has 2 heteroatoms. The molecule has 0 aliphatic carbocycles. The monoisotopic (exact) mass is 212 g/mol. The Morgan fingerprint density at radius 3 is 2.25 bits per heavy atom. The quantitative estimate of drug-likeness (QED) is 0.723. The molecule has 0 bridgehead atoms. The van der Waals surface area contributed by atoms with Crippen molar-refractivity contribution < 1.29 is 0 Å². The molecule has 0 unspecified atom stereocenters. The van der Waals surface area contributed by atoms with Crippen LogP contribution in [0.4, 0.5) is 0 Å². The Morgan fingerprint density at radius 1 is 0.875 bits per heavy atom. The van der Waals surface area contributed by atoms with Gasteiger partial charge in [-0.3, -0.25) is 9.97 Å². The van der Waals surface area contributed by atoms with Crippen LogP contribution in [0.5, 0.6) is 0 Å². The van der Waals surface area contributed by atoms with E-state index < -0.39 is 0 Å². The molecule has 0 aromatic carbocycles. The predicted octanol–water partition coefficient (Wildman–Crippen LogP) is 3.44. The van der Waals surface area contributed by atoms with E-state index in [4.69, 9.17) is 0 Å². The molecular formula is C14H16N2. The summed E-state index contributed by atoms with van der Waals surface area (Å²) < 4.78 is 0. The maximum absolute atomic E-state index is 4.45. The van der Waals surface area contributed by atoms with Crippen molar-refractivity contribution in [1.82, 2.24) is 9.97 Å². The van der Waals surface area contributed by atoms with Crippen molar-refractivity contribution >= 4 is 0 Å². The summed E-state index contributed by atoms with van der Waals surface area (Å²) in [5, 5.41) is 0. The molecule has 2 nitrogen and oxygen atoms in total. The van der Waals surface area contributed by atoms with Crippen molar-refractivity contribution in [2.45, 2.75) is 26.2 Å². The Kier molecular flexibility index (Phi) is 2.73. The largest absolute Gasteiger partial charge is 0.255 e. The summed E-state index contributed by atoms with van der Waals surface area (Å²) in [5.41, 5.74) is 3.23. The maximum atomic E-state index is 4.45. The number of nitrogens with zero attached hydrogens (tertiary/aromatic N) is 2. The lowest BCUT2D eigenvalue weighted by Gasteiger charge is -2.21. The van der Waals surface area contributed by atoms with Gasteiger partial charge in [0, 0.05) is 12.4 Å². The van der Waals surface area contributed by atoms with Crippen LogP contribution in [0, 0.1) is 0 Å². The topological polar surface area (TPSA) is 25.8 Å². The van der Waals surface area contributed by atoms with E-state index in [1.165, 1.54) is 5.56 Å². The maximum Gasteiger partial charge on any atom is 0.0923 e. The first-order valence-electron chi connectivity index (χ1n) is 5.46. The second-order valence-electron chi connectivity index (χ2n) is 4.86.